The van der Waals surface area contributed by atoms with Crippen LogP contribution in [0.2, 0.25) is 0 Å². The Morgan fingerprint density at radius 3 is 0.822 bits per heavy atom. The van der Waals surface area contributed by atoms with E-state index in [1.807, 2.05) is 0 Å². The molecule has 90 heavy (non-hydrogen) atoms. The van der Waals surface area contributed by atoms with Gasteiger partial charge in [0, 0.05) is 82.0 Å². The van der Waals surface area contributed by atoms with Gasteiger partial charge in [-0.15, -0.1) is 0 Å². The number of nitrogens with zero attached hydrogens (tertiary/aromatic N) is 11. The Kier molecular flexibility index (Phi) is 10.0. The van der Waals surface area contributed by atoms with E-state index in [0.29, 0.717) is 23.7 Å². The van der Waals surface area contributed by atoms with Gasteiger partial charge < -0.3 is 4.57 Å². The van der Waals surface area contributed by atoms with Crippen LogP contribution in [0.3, 0.4) is 0 Å². The molecule has 0 amide bonds. The number of hydrogen-bond donors (Lipinski definition) is 0. The molecule has 0 unspecified atom stereocenters. The maximum atomic E-state index is 5.81. The van der Waals surface area contributed by atoms with Crippen molar-refractivity contribution in [2.45, 2.75) is 0 Å². The number of para-hydroxylation sites is 10. The van der Waals surface area contributed by atoms with Gasteiger partial charge in [0.25, 0.3) is 0 Å². The van der Waals surface area contributed by atoms with E-state index >= 15 is 0 Å². The molecule has 0 aliphatic heterocycles. The zero-order valence-electron chi connectivity index (χ0n) is 48.1. The van der Waals surface area contributed by atoms with Gasteiger partial charge >= 0.3 is 0 Å². The summed E-state index contributed by atoms with van der Waals surface area (Å²) in [6.07, 6.45) is 0. The second kappa shape index (κ2) is 18.5. The lowest BCUT2D eigenvalue weighted by atomic mass is 10.1. The van der Waals surface area contributed by atoms with Crippen LogP contribution >= 0.6 is 0 Å². The molecule has 8 heterocycles. The lowest BCUT2D eigenvalue weighted by Gasteiger charge is -2.16. The van der Waals surface area contributed by atoms with Gasteiger partial charge in [-0.2, -0.15) is 24.9 Å². The van der Waals surface area contributed by atoms with Crippen LogP contribution in [0.15, 0.2) is 285 Å². The summed E-state index contributed by atoms with van der Waals surface area (Å²) in [4.78, 5) is 28.1. The van der Waals surface area contributed by atoms with Crippen molar-refractivity contribution in [2.24, 2.45) is 0 Å². The van der Waals surface area contributed by atoms with Crippen LogP contribution in [0.5, 0.6) is 0 Å². The Hall–Kier alpha value is -12.5. The zero-order valence-corrected chi connectivity index (χ0v) is 48.1. The Balaban J connectivity index is 0.873. The summed E-state index contributed by atoms with van der Waals surface area (Å²) in [6, 6.07) is 101. The van der Waals surface area contributed by atoms with Crippen molar-refractivity contribution in [1.29, 1.82) is 0 Å². The molecule has 8 aromatic heterocycles. The van der Waals surface area contributed by atoms with Crippen molar-refractivity contribution in [3.05, 3.63) is 285 Å². The first kappa shape index (κ1) is 48.7. The third kappa shape index (κ3) is 6.79. The van der Waals surface area contributed by atoms with Gasteiger partial charge in [-0.1, -0.05) is 206 Å². The van der Waals surface area contributed by atoms with E-state index in [0.717, 1.165) is 154 Å². The van der Waals surface area contributed by atoms with E-state index in [2.05, 4.69) is 313 Å². The third-order valence-electron chi connectivity index (χ3n) is 18.5. The van der Waals surface area contributed by atoms with Gasteiger partial charge in [-0.3, -0.25) is 22.8 Å². The maximum absolute atomic E-state index is 5.81. The van der Waals surface area contributed by atoms with Crippen molar-refractivity contribution in [3.63, 3.8) is 0 Å². The van der Waals surface area contributed by atoms with E-state index in [1.165, 1.54) is 0 Å². The fraction of sp³-hybridized carbons (Fsp3) is 0. The molecular weight excluding hydrogens is 1100 g/mol. The average Bonchev–Trinajstić information content (AvgIpc) is 1.58. The predicted octanol–water partition coefficient (Wildman–Crippen LogP) is 18.9. The van der Waals surface area contributed by atoms with Crippen molar-refractivity contribution < 1.29 is 0 Å². The van der Waals surface area contributed by atoms with Gasteiger partial charge in [-0.25, -0.2) is 0 Å². The maximum Gasteiger partial charge on any atom is 0.240 e. The summed E-state index contributed by atoms with van der Waals surface area (Å²) in [6.45, 7) is 0. The van der Waals surface area contributed by atoms with Crippen LogP contribution in [-0.2, 0) is 0 Å². The molecule has 0 saturated heterocycles. The minimum Gasteiger partial charge on any atom is -0.307 e. The van der Waals surface area contributed by atoms with E-state index in [4.69, 9.17) is 24.9 Å². The Bertz CT molecular complexity index is 5970. The topological polar surface area (TPSA) is 94.0 Å². The number of rotatable bonds is 7. The van der Waals surface area contributed by atoms with Crippen LogP contribution in [-0.4, -0.2) is 52.3 Å². The van der Waals surface area contributed by atoms with Crippen molar-refractivity contribution in [3.8, 4) is 46.6 Å². The third-order valence-corrected chi connectivity index (χ3v) is 18.5. The molecular formula is C79H47N11. The Morgan fingerprint density at radius 1 is 0.189 bits per heavy atom. The van der Waals surface area contributed by atoms with Crippen molar-refractivity contribution >= 4 is 131 Å². The largest absolute Gasteiger partial charge is 0.307 e. The molecule has 0 bridgehead atoms. The molecule has 0 aliphatic carbocycles. The molecule has 0 atom stereocenters. The lowest BCUT2D eigenvalue weighted by molar-refractivity contribution is 0.892. The highest BCUT2D eigenvalue weighted by Gasteiger charge is 2.27. The van der Waals surface area contributed by atoms with Crippen LogP contribution in [0, 0.1) is 0 Å². The first-order chi connectivity index (χ1) is 44.7. The zero-order chi connectivity index (χ0) is 58.7. The number of benzene rings is 12. The molecule has 20 rings (SSSR count). The molecule has 11 nitrogen and oxygen atoms in total. The molecule has 0 fully saturated rings. The minimum atomic E-state index is 0.520. The SMILES string of the molecule is c1cc(-c2nc(-n3c4ccccc4c4ccccc43)nc(-n3c4ccccc4c4ccccc43)n2)cc(-n2c3ccccc3c3ccc4c5ccccc5n(-c5nc(-n6c7ccccc7c7ccccc76)cc(-n6c7ccccc7c7ccccc76)n5)c4c32)c1. The number of fused-ring (bicyclic) bond motifs is 19. The Morgan fingerprint density at radius 2 is 0.467 bits per heavy atom. The summed E-state index contributed by atoms with van der Waals surface area (Å²) in [5.41, 5.74) is 14.1. The van der Waals surface area contributed by atoms with Crippen LogP contribution in [0.1, 0.15) is 0 Å². The minimum absolute atomic E-state index is 0.520. The first-order valence-corrected chi connectivity index (χ1v) is 30.3. The Labute approximate surface area is 512 Å². The van der Waals surface area contributed by atoms with Crippen LogP contribution in [0.25, 0.3) is 177 Å². The van der Waals surface area contributed by atoms with Crippen molar-refractivity contribution in [2.75, 3.05) is 0 Å². The molecule has 0 spiro atoms. The quantitative estimate of drug-likeness (QED) is 0.158. The van der Waals surface area contributed by atoms with Gasteiger partial charge in [-0.05, 0) is 72.8 Å². The molecule has 0 aliphatic rings. The summed E-state index contributed by atoms with van der Waals surface area (Å²) in [5, 5.41) is 13.5. The first-order valence-electron chi connectivity index (χ1n) is 30.3. The number of aromatic nitrogens is 11. The highest BCUT2D eigenvalue weighted by Crippen LogP contribution is 2.44. The van der Waals surface area contributed by atoms with Crippen LogP contribution < -0.4 is 0 Å². The molecule has 418 valence electrons. The highest BCUT2D eigenvalue weighted by atomic mass is 15.3. The molecule has 0 radical (unpaired) electrons. The monoisotopic (exact) mass is 1150 g/mol. The lowest BCUT2D eigenvalue weighted by Crippen LogP contribution is -2.10. The van der Waals surface area contributed by atoms with Crippen molar-refractivity contribution in [1.82, 2.24) is 52.3 Å². The smallest absolute Gasteiger partial charge is 0.240 e. The summed E-state index contributed by atoms with van der Waals surface area (Å²) < 4.78 is 13.7. The van der Waals surface area contributed by atoms with E-state index < -0.39 is 0 Å². The normalized spacial score (nSPS) is 12.2. The second-order valence-corrected chi connectivity index (χ2v) is 23.2. The van der Waals surface area contributed by atoms with Crippen LogP contribution in [0.4, 0.5) is 0 Å². The molecule has 20 aromatic rings. The number of hydrogen-bond acceptors (Lipinski definition) is 5. The summed E-state index contributed by atoms with van der Waals surface area (Å²) >= 11 is 0. The molecule has 12 aromatic carbocycles. The fourth-order valence-corrected chi connectivity index (χ4v) is 14.8. The van der Waals surface area contributed by atoms with E-state index in [-0.39, 0.29) is 0 Å². The van der Waals surface area contributed by atoms with Gasteiger partial charge in [0.2, 0.25) is 17.8 Å². The van der Waals surface area contributed by atoms with E-state index in [9.17, 15) is 0 Å². The molecule has 0 saturated carbocycles. The van der Waals surface area contributed by atoms with E-state index in [1.54, 1.807) is 0 Å². The summed E-state index contributed by atoms with van der Waals surface area (Å²) in [5.74, 6) is 3.61. The highest BCUT2D eigenvalue weighted by molar-refractivity contribution is 6.24. The molecule has 11 heteroatoms. The fourth-order valence-electron chi connectivity index (χ4n) is 14.8. The average molecular weight is 1150 g/mol. The van der Waals surface area contributed by atoms with Gasteiger partial charge in [0.1, 0.15) is 11.6 Å². The second-order valence-electron chi connectivity index (χ2n) is 23.2. The predicted molar refractivity (Wildman–Crippen MR) is 367 cm³/mol. The summed E-state index contributed by atoms with van der Waals surface area (Å²) in [7, 11) is 0. The molecule has 0 N–H and O–H groups in total. The van der Waals surface area contributed by atoms with Gasteiger partial charge in [0.05, 0.1) is 66.2 Å². The van der Waals surface area contributed by atoms with Gasteiger partial charge in [0.15, 0.2) is 5.82 Å². The standard InChI is InChI=1S/C79H47N11/c1-12-35-63-50(24-1)51-25-2-13-36-64(51)86(63)72-47-73(87-65-37-14-3-26-52(65)53-27-4-15-38-66(53)87)81-77(80-72)90-71-43-20-10-33-59(71)61-45-44-60-58-32-9-11-34-62(58)85(74(60)75(61)90)49-23-21-22-48(46-49)76-82-78(88-67-39-16-5-28-54(67)55-29-6-17-40-68(55)88)84-79(83-76)89-69-41-18-7-30-56(69)57-31-8-19-42-70(57)89/h1-47H.